The molecule has 1 fully saturated rings. The molecule has 1 amide bonds. The van der Waals surface area contributed by atoms with Crippen LogP contribution in [0.5, 0.6) is 0 Å². The predicted octanol–water partition coefficient (Wildman–Crippen LogP) is 2.94. The second-order valence-electron chi connectivity index (χ2n) is 7.74. The fraction of sp³-hybridized carbons (Fsp3) is 0.333. The van der Waals surface area contributed by atoms with Crippen molar-refractivity contribution >= 4 is 22.8 Å². The number of rotatable bonds is 4. The number of fused-ring (bicyclic) bond motifs is 1. The number of H-pyrrole nitrogens is 1. The third kappa shape index (κ3) is 6.27. The highest BCUT2D eigenvalue weighted by Gasteiger charge is 2.24. The topological polar surface area (TPSA) is 117 Å². The van der Waals surface area contributed by atoms with Crippen molar-refractivity contribution in [2.24, 2.45) is 0 Å². The second-order valence-corrected chi connectivity index (χ2v) is 7.74. The van der Waals surface area contributed by atoms with Crippen molar-refractivity contribution in [3.8, 4) is 0 Å². The summed E-state index contributed by atoms with van der Waals surface area (Å²) in [6.45, 7) is 10.5. The van der Waals surface area contributed by atoms with E-state index in [1.807, 2.05) is 32.6 Å². The van der Waals surface area contributed by atoms with E-state index in [4.69, 9.17) is 0 Å². The maximum Gasteiger partial charge on any atom is 0.329 e. The Morgan fingerprint density at radius 1 is 0.865 bits per heavy atom. The number of benzene rings is 1. The van der Waals surface area contributed by atoms with E-state index in [0.717, 1.165) is 5.56 Å². The van der Waals surface area contributed by atoms with Gasteiger partial charge in [-0.1, -0.05) is 39.8 Å². The number of nitrogens with zero attached hydrogens (tertiary/aromatic N) is 6. The number of amides is 1. The fourth-order valence-electron chi connectivity index (χ4n) is 4.00. The van der Waals surface area contributed by atoms with E-state index in [1.165, 1.54) is 4.57 Å². The minimum Gasteiger partial charge on any atom is -0.337 e. The van der Waals surface area contributed by atoms with Crippen molar-refractivity contribution in [3.63, 3.8) is 0 Å². The SMILES string of the molecule is CC.CC.O=C(c1cc(Cn2c(=O)[nH]c(=O)c3ccccc32)ccn1)N1CCN(c2ncccn2)CC1. The Balaban J connectivity index is 0.000000907. The maximum absolute atomic E-state index is 13.1. The van der Waals surface area contributed by atoms with Gasteiger partial charge in [-0.05, 0) is 35.9 Å². The van der Waals surface area contributed by atoms with Crippen LogP contribution in [-0.2, 0) is 6.54 Å². The van der Waals surface area contributed by atoms with Crippen LogP contribution in [0.4, 0.5) is 5.95 Å². The second kappa shape index (κ2) is 13.1. The highest BCUT2D eigenvalue weighted by molar-refractivity contribution is 5.92. The lowest BCUT2D eigenvalue weighted by molar-refractivity contribution is 0.0740. The van der Waals surface area contributed by atoms with Gasteiger partial charge in [-0.25, -0.2) is 14.8 Å². The Morgan fingerprint density at radius 3 is 2.24 bits per heavy atom. The van der Waals surface area contributed by atoms with E-state index < -0.39 is 11.2 Å². The average molecular weight is 504 g/mol. The van der Waals surface area contributed by atoms with Crippen molar-refractivity contribution in [2.45, 2.75) is 34.2 Å². The molecular formula is C27H33N7O3. The van der Waals surface area contributed by atoms with Crippen LogP contribution in [0.15, 0.2) is 70.6 Å². The van der Waals surface area contributed by atoms with Crippen molar-refractivity contribution in [3.05, 3.63) is 93.2 Å². The van der Waals surface area contributed by atoms with E-state index in [0.29, 0.717) is 48.7 Å². The summed E-state index contributed by atoms with van der Waals surface area (Å²) >= 11 is 0. The monoisotopic (exact) mass is 503 g/mol. The molecule has 0 spiro atoms. The Morgan fingerprint density at radius 2 is 1.54 bits per heavy atom. The van der Waals surface area contributed by atoms with Gasteiger partial charge in [-0.15, -0.1) is 0 Å². The first kappa shape index (κ1) is 27.3. The Bertz CT molecular complexity index is 1430. The molecule has 0 atom stereocenters. The number of nitrogens with one attached hydrogen (secondary N) is 1. The zero-order valence-corrected chi connectivity index (χ0v) is 21.7. The molecular weight excluding hydrogens is 470 g/mol. The molecule has 1 saturated heterocycles. The molecule has 3 aromatic heterocycles. The van der Waals surface area contributed by atoms with Crippen LogP contribution in [0.25, 0.3) is 10.9 Å². The number of anilines is 1. The summed E-state index contributed by atoms with van der Waals surface area (Å²) in [5, 5.41) is 0.433. The number of aromatic amines is 1. The smallest absolute Gasteiger partial charge is 0.329 e. The number of hydrogen-bond acceptors (Lipinski definition) is 7. The molecule has 1 N–H and O–H groups in total. The minimum absolute atomic E-state index is 0.163. The van der Waals surface area contributed by atoms with Gasteiger partial charge in [-0.2, -0.15) is 0 Å². The van der Waals surface area contributed by atoms with E-state index >= 15 is 0 Å². The zero-order chi connectivity index (χ0) is 26.8. The summed E-state index contributed by atoms with van der Waals surface area (Å²) in [5.74, 6) is 0.493. The minimum atomic E-state index is -0.498. The van der Waals surface area contributed by atoms with Crippen LogP contribution in [-0.4, -0.2) is 61.5 Å². The van der Waals surface area contributed by atoms with Crippen LogP contribution >= 0.6 is 0 Å². The van der Waals surface area contributed by atoms with Crippen LogP contribution in [0.3, 0.4) is 0 Å². The molecule has 1 aliphatic rings. The molecule has 10 heteroatoms. The quantitative estimate of drug-likeness (QED) is 0.455. The van der Waals surface area contributed by atoms with Crippen molar-refractivity contribution in [1.82, 2.24) is 29.4 Å². The van der Waals surface area contributed by atoms with Crippen molar-refractivity contribution in [2.75, 3.05) is 31.1 Å². The average Bonchev–Trinajstić information content (AvgIpc) is 2.98. The number of aromatic nitrogens is 5. The predicted molar refractivity (Wildman–Crippen MR) is 145 cm³/mol. The van der Waals surface area contributed by atoms with Crippen LogP contribution in [0, 0.1) is 0 Å². The summed E-state index contributed by atoms with van der Waals surface area (Å²) in [6.07, 6.45) is 4.97. The molecule has 0 bridgehead atoms. The van der Waals surface area contributed by atoms with Gasteiger partial charge in [0.1, 0.15) is 5.69 Å². The van der Waals surface area contributed by atoms with Gasteiger partial charge in [0.15, 0.2) is 0 Å². The summed E-state index contributed by atoms with van der Waals surface area (Å²) in [4.78, 5) is 56.6. The lowest BCUT2D eigenvalue weighted by Crippen LogP contribution is -2.49. The van der Waals surface area contributed by atoms with E-state index in [-0.39, 0.29) is 12.5 Å². The number of carbonyl (C=O) groups excluding carboxylic acids is 1. The molecule has 4 heterocycles. The molecule has 5 rings (SSSR count). The molecule has 0 unspecified atom stereocenters. The molecule has 1 aliphatic heterocycles. The van der Waals surface area contributed by atoms with Gasteiger partial charge in [0, 0.05) is 44.8 Å². The van der Waals surface area contributed by atoms with Gasteiger partial charge >= 0.3 is 5.69 Å². The number of pyridine rings is 1. The molecule has 0 radical (unpaired) electrons. The Kier molecular flexibility index (Phi) is 9.65. The largest absolute Gasteiger partial charge is 0.337 e. The Hall–Kier alpha value is -4.34. The molecule has 0 aliphatic carbocycles. The summed E-state index contributed by atoms with van der Waals surface area (Å²) in [7, 11) is 0. The normalized spacial score (nSPS) is 12.8. The van der Waals surface area contributed by atoms with Crippen LogP contribution < -0.4 is 16.1 Å². The number of piperazine rings is 1. The van der Waals surface area contributed by atoms with Crippen molar-refractivity contribution in [1.29, 1.82) is 0 Å². The van der Waals surface area contributed by atoms with Gasteiger partial charge in [0.25, 0.3) is 11.5 Å². The summed E-state index contributed by atoms with van der Waals surface area (Å²) in [5.41, 5.74) is 0.679. The number of carbonyl (C=O) groups is 1. The molecule has 4 aromatic rings. The fourth-order valence-corrected chi connectivity index (χ4v) is 4.00. The summed E-state index contributed by atoms with van der Waals surface area (Å²) in [6, 6.07) is 12.2. The van der Waals surface area contributed by atoms with Gasteiger partial charge in [-0.3, -0.25) is 24.1 Å². The molecule has 1 aromatic carbocycles. The van der Waals surface area contributed by atoms with Crippen LogP contribution in [0.2, 0.25) is 0 Å². The summed E-state index contributed by atoms with van der Waals surface area (Å²) < 4.78 is 1.49. The molecule has 37 heavy (non-hydrogen) atoms. The molecule has 0 saturated carbocycles. The molecule has 10 nitrogen and oxygen atoms in total. The van der Waals surface area contributed by atoms with E-state index in [1.54, 1.807) is 66.0 Å². The number of para-hydroxylation sites is 1. The highest BCUT2D eigenvalue weighted by Crippen LogP contribution is 2.14. The standard InChI is InChI=1S/C23H21N7O3.2C2H6/c31-20-17-4-1-2-5-19(17)30(23(33)27-20)15-16-6-9-24-18(14-16)21(32)28-10-12-29(13-11-28)22-25-7-3-8-26-22;2*1-2/h1-9,14H,10-13,15H2,(H,27,31,33);2*1-2H3. The van der Waals surface area contributed by atoms with Gasteiger partial charge < -0.3 is 9.80 Å². The maximum atomic E-state index is 13.1. The number of hydrogen-bond donors (Lipinski definition) is 1. The third-order valence-corrected chi connectivity index (χ3v) is 5.69. The first-order chi connectivity index (χ1) is 18.1. The van der Waals surface area contributed by atoms with E-state index in [9.17, 15) is 14.4 Å². The molecule has 194 valence electrons. The Labute approximate surface area is 215 Å². The van der Waals surface area contributed by atoms with Crippen LogP contribution in [0.1, 0.15) is 43.7 Å². The van der Waals surface area contributed by atoms with Crippen molar-refractivity contribution < 1.29 is 4.79 Å². The van der Waals surface area contributed by atoms with Gasteiger partial charge in [0.05, 0.1) is 17.4 Å². The first-order valence-corrected chi connectivity index (χ1v) is 12.6. The zero-order valence-electron chi connectivity index (χ0n) is 21.7. The highest BCUT2D eigenvalue weighted by atomic mass is 16.2. The lowest BCUT2D eigenvalue weighted by atomic mass is 10.2. The van der Waals surface area contributed by atoms with E-state index in [2.05, 4.69) is 19.9 Å². The lowest BCUT2D eigenvalue weighted by Gasteiger charge is -2.34. The third-order valence-electron chi connectivity index (χ3n) is 5.69. The van der Waals surface area contributed by atoms with Gasteiger partial charge in [0.2, 0.25) is 5.95 Å². The first-order valence-electron chi connectivity index (χ1n) is 12.6.